The highest BCUT2D eigenvalue weighted by Crippen LogP contribution is 2.70. The van der Waals surface area contributed by atoms with E-state index in [0.29, 0.717) is 63.5 Å². The first-order chi connectivity index (χ1) is 36.0. The first kappa shape index (κ1) is 56.3. The highest BCUT2D eigenvalue weighted by molar-refractivity contribution is 5.93. The van der Waals surface area contributed by atoms with Gasteiger partial charge < -0.3 is 44.1 Å². The number of nitrogens with zero attached hydrogens (tertiary/aromatic N) is 1. The zero-order valence-corrected chi connectivity index (χ0v) is 47.5. The van der Waals surface area contributed by atoms with Crippen LogP contribution >= 0.6 is 0 Å². The van der Waals surface area contributed by atoms with Crippen LogP contribution in [0.4, 0.5) is 15.3 Å². The number of aliphatic hydroxyl groups is 2. The molecule has 0 radical (unpaired) electrons. The molecule has 1 aromatic rings. The smallest absolute Gasteiger partial charge is 0.469 e. The fourth-order valence-corrected chi connectivity index (χ4v) is 17.6. The van der Waals surface area contributed by atoms with E-state index in [1.807, 2.05) is 13.0 Å². The predicted octanol–water partition coefficient (Wildman–Crippen LogP) is 11.0. The second-order valence-electron chi connectivity index (χ2n) is 26.4. The number of rotatable bonds is 14. The third-order valence-electron chi connectivity index (χ3n) is 21.5. The summed E-state index contributed by atoms with van der Waals surface area (Å²) in [4.78, 5) is 53.0. The summed E-state index contributed by atoms with van der Waals surface area (Å²) in [5.74, 6) is 8.16. The lowest BCUT2D eigenvalue weighted by Crippen LogP contribution is -2.63. The molecule has 13 nitrogen and oxygen atoms in total. The Morgan fingerprint density at radius 2 is 1.70 bits per heavy atom. The molecule has 0 aromatic heterocycles. The van der Waals surface area contributed by atoms with Crippen LogP contribution in [0.15, 0.2) is 47.1 Å². The van der Waals surface area contributed by atoms with Gasteiger partial charge in [-0.1, -0.05) is 51.3 Å². The highest BCUT2D eigenvalue weighted by atomic mass is 16.7. The molecule has 13 heteroatoms. The summed E-state index contributed by atoms with van der Waals surface area (Å²) < 4.78 is 29.2. The van der Waals surface area contributed by atoms with E-state index in [1.54, 1.807) is 20.8 Å². The Kier molecular flexibility index (Phi) is 16.3. The van der Waals surface area contributed by atoms with Crippen LogP contribution in [-0.4, -0.2) is 104 Å². The molecule has 76 heavy (non-hydrogen) atoms. The van der Waals surface area contributed by atoms with E-state index in [1.165, 1.54) is 29.4 Å². The van der Waals surface area contributed by atoms with Crippen LogP contribution in [0.3, 0.4) is 0 Å². The maximum Gasteiger partial charge on any atom is 0.508 e. The van der Waals surface area contributed by atoms with Crippen molar-refractivity contribution in [2.45, 2.75) is 194 Å². The molecule has 1 amide bonds. The van der Waals surface area contributed by atoms with Crippen LogP contribution in [-0.2, 0) is 33.3 Å². The maximum absolute atomic E-state index is 13.6. The molecule has 0 aliphatic heterocycles. The van der Waals surface area contributed by atoms with Crippen molar-refractivity contribution in [1.29, 1.82) is 0 Å². The maximum atomic E-state index is 13.6. The Balaban J connectivity index is 0.867. The number of ether oxygens (including phenoxy) is 5. The molecular weight excluding hydrogens is 961 g/mol. The number of fused-ring (bicyclic) bond motifs is 9. The van der Waals surface area contributed by atoms with Gasteiger partial charge in [0.2, 0.25) is 0 Å². The van der Waals surface area contributed by atoms with Crippen molar-refractivity contribution < 1.29 is 53.1 Å². The van der Waals surface area contributed by atoms with Crippen molar-refractivity contribution >= 4 is 29.7 Å². The van der Waals surface area contributed by atoms with E-state index in [-0.39, 0.29) is 83.3 Å². The van der Waals surface area contributed by atoms with E-state index < -0.39 is 41.1 Å². The SMILES string of the molecule is CC#C[C@]1(O)CCC2C3CCC4=CC(=O)CCC4=C3[C@@H](c3ccc(N(C)CCO[C@H]4CC[C@@]5(C)[C@@H](C4)C[C@@H](OC(=O)OCCNC(=O)OC(C)(C)C)[C@@H]4[C@@H]5C[C@H](O)[C@]5(C)C([C@H](C)CCC(=O)OC)CC[C@@H]45)cc3)C[C@@]21C. The fraction of sp³-hybridized carbons (Fsp3) is 0.746. The molecule has 1 aromatic carbocycles. The fourth-order valence-electron chi connectivity index (χ4n) is 17.6. The average molecular weight is 1050 g/mol. The normalized spacial score (nSPS) is 37.8. The van der Waals surface area contributed by atoms with Crippen molar-refractivity contribution in [3.05, 3.63) is 52.6 Å². The number of likely N-dealkylation sites (N-methyl/N-ethyl adjacent to an activating group) is 1. The molecule has 0 spiro atoms. The summed E-state index contributed by atoms with van der Waals surface area (Å²) >= 11 is 0. The molecule has 16 atom stereocenters. The van der Waals surface area contributed by atoms with Gasteiger partial charge in [-0.3, -0.25) is 9.59 Å². The number of alkyl carbamates (subject to hydrolysis) is 1. The zero-order chi connectivity index (χ0) is 54.5. The number of carbonyl (C=O) groups is 4. The van der Waals surface area contributed by atoms with E-state index in [2.05, 4.69) is 81.1 Å². The summed E-state index contributed by atoms with van der Waals surface area (Å²) in [6.07, 6.45) is 12.4. The third-order valence-corrected chi connectivity index (χ3v) is 21.5. The largest absolute Gasteiger partial charge is 0.508 e. The summed E-state index contributed by atoms with van der Waals surface area (Å²) in [7, 11) is 3.54. The van der Waals surface area contributed by atoms with Gasteiger partial charge in [-0.15, -0.1) is 5.92 Å². The second-order valence-corrected chi connectivity index (χ2v) is 26.4. The van der Waals surface area contributed by atoms with Crippen LogP contribution < -0.4 is 10.2 Å². The number of carbonyl (C=O) groups excluding carboxylic acids is 4. The van der Waals surface area contributed by atoms with Gasteiger partial charge in [-0.05, 0) is 205 Å². The lowest BCUT2D eigenvalue weighted by molar-refractivity contribution is -0.211. The second kappa shape index (κ2) is 22.0. The first-order valence-corrected chi connectivity index (χ1v) is 29.1. The van der Waals surface area contributed by atoms with Gasteiger partial charge in [0.1, 0.15) is 23.9 Å². The van der Waals surface area contributed by atoms with Crippen molar-refractivity contribution in [2.24, 2.45) is 63.6 Å². The number of hydrogen-bond acceptors (Lipinski definition) is 12. The number of nitrogens with one attached hydrogen (secondary N) is 1. The van der Waals surface area contributed by atoms with Gasteiger partial charge in [-0.25, -0.2) is 9.59 Å². The molecule has 6 fully saturated rings. The molecular formula is C63H90N2O11. The summed E-state index contributed by atoms with van der Waals surface area (Å²) in [6, 6.07) is 9.03. The number of allylic oxidation sites excluding steroid dienone is 4. The van der Waals surface area contributed by atoms with E-state index in [9.17, 15) is 29.4 Å². The van der Waals surface area contributed by atoms with E-state index in [0.717, 1.165) is 69.9 Å². The Bertz CT molecular complexity index is 2470. The molecule has 8 aliphatic carbocycles. The zero-order valence-electron chi connectivity index (χ0n) is 47.5. The minimum absolute atomic E-state index is 0.0329. The van der Waals surface area contributed by atoms with Gasteiger partial charge in [-0.2, -0.15) is 0 Å². The van der Waals surface area contributed by atoms with Crippen LogP contribution in [0.1, 0.15) is 170 Å². The van der Waals surface area contributed by atoms with Gasteiger partial charge in [0, 0.05) is 49.4 Å². The summed E-state index contributed by atoms with van der Waals surface area (Å²) in [5.41, 5.74) is 4.03. The molecule has 0 bridgehead atoms. The summed E-state index contributed by atoms with van der Waals surface area (Å²) in [6.45, 7) is 17.7. The monoisotopic (exact) mass is 1050 g/mol. The number of methoxy groups -OCH3 is 1. The standard InChI is InChI=1S/C63H90N2O11/c1-11-26-63(71)28-25-49-46-19-15-40-33-43(66)18-20-45(40)55(46)47(37-61(49,63)7)39-13-16-42(17-14-39)65(9)30-32-73-44-24-27-60(6)41(34-44)35-52(75-58(70)74-31-29-64-57(69)76-59(3,4)5)56-50-22-21-48(38(2)12-23-54(68)72-10)62(50,8)53(67)36-51(56)60/h13-14,16-17,33,38,41,44,46-53,56,67,71H,12,15,18-25,27-32,34-37H2,1-10H3,(H,64,69)/t38-,41+,44+,46?,47-,48?,49?,50+,51+,52-,53+,56+,60+,61+,62-,63+/m1/s1. The van der Waals surface area contributed by atoms with Crippen molar-refractivity contribution in [3.63, 3.8) is 0 Å². The quantitative estimate of drug-likeness (QED) is 0.0698. The number of ketones is 1. The number of aliphatic hydroxyl groups excluding tert-OH is 1. The van der Waals surface area contributed by atoms with Crippen molar-refractivity contribution in [2.75, 3.05) is 45.4 Å². The molecule has 3 N–H and O–H groups in total. The Hall–Kier alpha value is -4.38. The van der Waals surface area contributed by atoms with Crippen molar-refractivity contribution in [3.8, 4) is 11.8 Å². The predicted molar refractivity (Wildman–Crippen MR) is 291 cm³/mol. The van der Waals surface area contributed by atoms with Gasteiger partial charge in [0.25, 0.3) is 0 Å². The van der Waals surface area contributed by atoms with Crippen LogP contribution in [0.2, 0.25) is 0 Å². The van der Waals surface area contributed by atoms with E-state index in [4.69, 9.17) is 23.7 Å². The number of hydrogen-bond donors (Lipinski definition) is 3. The molecule has 418 valence electrons. The number of amides is 1. The molecule has 0 saturated heterocycles. The topological polar surface area (TPSA) is 170 Å². The molecule has 6 saturated carbocycles. The molecule has 9 rings (SSSR count). The lowest BCUT2D eigenvalue weighted by atomic mass is 9.43. The minimum Gasteiger partial charge on any atom is -0.469 e. The van der Waals surface area contributed by atoms with E-state index >= 15 is 0 Å². The van der Waals surface area contributed by atoms with Crippen LogP contribution in [0, 0.1) is 75.4 Å². The number of anilines is 1. The highest BCUT2D eigenvalue weighted by Gasteiger charge is 2.67. The molecule has 8 aliphatic rings. The van der Waals surface area contributed by atoms with Gasteiger partial charge in [0.05, 0.1) is 32.5 Å². The summed E-state index contributed by atoms with van der Waals surface area (Å²) in [5, 5.41) is 27.2. The van der Waals surface area contributed by atoms with Gasteiger partial charge in [0.15, 0.2) is 5.78 Å². The number of benzene rings is 1. The minimum atomic E-state index is -1.02. The average Bonchev–Trinajstić information content (AvgIpc) is 4.00. The van der Waals surface area contributed by atoms with Crippen LogP contribution in [0.25, 0.3) is 0 Å². The van der Waals surface area contributed by atoms with Crippen LogP contribution in [0.5, 0.6) is 0 Å². The van der Waals surface area contributed by atoms with Crippen molar-refractivity contribution in [1.82, 2.24) is 5.32 Å². The Morgan fingerprint density at radius 1 is 0.934 bits per heavy atom. The first-order valence-electron chi connectivity index (χ1n) is 29.1. The lowest BCUT2D eigenvalue weighted by Gasteiger charge is -2.64. The molecule has 3 unspecified atom stereocenters. The number of esters is 1. The molecule has 0 heterocycles. The van der Waals surface area contributed by atoms with Gasteiger partial charge >= 0.3 is 18.2 Å². The Labute approximate surface area is 453 Å². The third kappa shape index (κ3) is 10.6. The Morgan fingerprint density at radius 3 is 2.42 bits per heavy atom.